The van der Waals surface area contributed by atoms with Gasteiger partial charge in [-0.3, -0.25) is 14.9 Å². The lowest BCUT2D eigenvalue weighted by molar-refractivity contribution is -0.384. The molecule has 11 heteroatoms. The first-order valence-corrected chi connectivity index (χ1v) is 8.62. The Labute approximate surface area is 137 Å². The maximum atomic E-state index is 12.8. The van der Waals surface area contributed by atoms with Crippen LogP contribution in [0.3, 0.4) is 0 Å². The number of anilines is 2. The first kappa shape index (κ1) is 18.1. The quantitative estimate of drug-likeness (QED) is 0.414. The topological polar surface area (TPSA) is 130 Å². The summed E-state index contributed by atoms with van der Waals surface area (Å²) in [4.78, 5) is 23.7. The molecular formula is C13H16FN3O6S. The van der Waals surface area contributed by atoms with E-state index in [9.17, 15) is 27.2 Å². The first-order valence-electron chi connectivity index (χ1n) is 7.07. The minimum Gasteiger partial charge on any atom is -0.395 e. The monoisotopic (exact) mass is 361 g/mol. The summed E-state index contributed by atoms with van der Waals surface area (Å²) in [6.07, 6.45) is -0.161. The minimum absolute atomic E-state index is 0.0586. The summed E-state index contributed by atoms with van der Waals surface area (Å²) in [5.74, 6) is -1.95. The number of aliphatic hydroxyl groups is 1. The predicted molar refractivity (Wildman–Crippen MR) is 84.0 cm³/mol. The number of nitro benzene ring substituents is 1. The summed E-state index contributed by atoms with van der Waals surface area (Å²) in [5, 5.41) is 22.7. The van der Waals surface area contributed by atoms with Crippen LogP contribution in [0.2, 0.25) is 0 Å². The molecule has 1 aromatic carbocycles. The molecule has 0 spiro atoms. The number of carbonyl (C=O) groups excluding carboxylic acids is 1. The van der Waals surface area contributed by atoms with Crippen LogP contribution in [0.5, 0.6) is 0 Å². The molecule has 0 saturated carbocycles. The van der Waals surface area contributed by atoms with E-state index in [-0.39, 0.29) is 37.5 Å². The Hall–Kier alpha value is -2.27. The lowest BCUT2D eigenvalue weighted by Gasteiger charge is -2.20. The van der Waals surface area contributed by atoms with Gasteiger partial charge in [-0.1, -0.05) is 0 Å². The number of hydrogen-bond acceptors (Lipinski definition) is 7. The molecule has 2 N–H and O–H groups in total. The normalized spacial score (nSPS) is 18.0. The number of aliphatic hydroxyl groups excluding tert-OH is 1. The van der Waals surface area contributed by atoms with Gasteiger partial charge in [0.25, 0.3) is 5.69 Å². The van der Waals surface area contributed by atoms with Crippen molar-refractivity contribution in [2.45, 2.75) is 6.42 Å². The molecule has 24 heavy (non-hydrogen) atoms. The highest BCUT2D eigenvalue weighted by molar-refractivity contribution is 7.86. The third-order valence-electron chi connectivity index (χ3n) is 3.55. The number of rotatable bonds is 7. The molecule has 9 nitrogen and oxygen atoms in total. The average Bonchev–Trinajstić information content (AvgIpc) is 2.83. The van der Waals surface area contributed by atoms with E-state index in [4.69, 9.17) is 5.11 Å². The Balaban J connectivity index is 2.32. The molecule has 1 aliphatic heterocycles. The Kier molecular flexibility index (Phi) is 5.34. The fourth-order valence-electron chi connectivity index (χ4n) is 2.60. The van der Waals surface area contributed by atoms with Gasteiger partial charge >= 0.3 is 10.2 Å². The van der Waals surface area contributed by atoms with Crippen LogP contribution in [0.25, 0.3) is 0 Å². The molecule has 0 aromatic heterocycles. The Morgan fingerprint density at radius 2 is 2.17 bits per heavy atom. The van der Waals surface area contributed by atoms with Crippen LogP contribution in [0.15, 0.2) is 18.2 Å². The van der Waals surface area contributed by atoms with Gasteiger partial charge in [-0.15, -0.1) is 3.89 Å². The van der Waals surface area contributed by atoms with Crippen molar-refractivity contribution in [1.29, 1.82) is 0 Å². The van der Waals surface area contributed by atoms with E-state index in [2.05, 4.69) is 5.32 Å². The lowest BCUT2D eigenvalue weighted by Crippen LogP contribution is -2.26. The van der Waals surface area contributed by atoms with Crippen molar-refractivity contribution < 1.29 is 27.1 Å². The number of benzene rings is 1. The lowest BCUT2D eigenvalue weighted by atomic mass is 10.1. The van der Waals surface area contributed by atoms with E-state index in [1.54, 1.807) is 0 Å². The number of non-ortho nitro benzene ring substituents is 1. The van der Waals surface area contributed by atoms with Gasteiger partial charge in [0.2, 0.25) is 5.91 Å². The van der Waals surface area contributed by atoms with Gasteiger partial charge < -0.3 is 15.3 Å². The van der Waals surface area contributed by atoms with E-state index in [1.807, 2.05) is 0 Å². The molecule has 0 aliphatic carbocycles. The fourth-order valence-corrected chi connectivity index (χ4v) is 3.39. The van der Waals surface area contributed by atoms with Gasteiger partial charge in [-0.05, 0) is 6.07 Å². The third-order valence-corrected chi connectivity index (χ3v) is 4.42. The Bertz CT molecular complexity index is 754. The molecule has 132 valence electrons. The SMILES string of the molecule is O=C1CC(CS(=O)(=O)F)CN1c1cc([N+](=O)[O-])ccc1NCCO. The largest absolute Gasteiger partial charge is 0.395 e. The Morgan fingerprint density at radius 1 is 1.46 bits per heavy atom. The van der Waals surface area contributed by atoms with Crippen LogP contribution in [0.1, 0.15) is 6.42 Å². The standard InChI is InChI=1S/C13H16FN3O6S/c14-24(22,23)8-9-5-13(19)16(7-9)12-6-10(17(20)21)1-2-11(12)15-3-4-18/h1-2,6,9,15,18H,3-5,7-8H2. The molecule has 2 rings (SSSR count). The molecule has 1 amide bonds. The number of carbonyl (C=O) groups is 1. The second-order valence-electron chi connectivity index (χ2n) is 5.39. The van der Waals surface area contributed by atoms with Crippen LogP contribution in [0.4, 0.5) is 20.9 Å². The third kappa shape index (κ3) is 4.38. The van der Waals surface area contributed by atoms with Crippen molar-refractivity contribution >= 4 is 33.2 Å². The van der Waals surface area contributed by atoms with E-state index in [0.717, 1.165) is 0 Å². The van der Waals surface area contributed by atoms with Gasteiger partial charge in [0, 0.05) is 37.6 Å². The molecular weight excluding hydrogens is 345 g/mol. The number of nitro groups is 1. The summed E-state index contributed by atoms with van der Waals surface area (Å²) in [6, 6.07) is 3.83. The molecule has 0 bridgehead atoms. The van der Waals surface area contributed by atoms with Gasteiger partial charge in [-0.25, -0.2) is 0 Å². The maximum absolute atomic E-state index is 12.8. The Morgan fingerprint density at radius 3 is 2.75 bits per heavy atom. The number of nitrogens with zero attached hydrogens (tertiary/aromatic N) is 2. The van der Waals surface area contributed by atoms with Crippen molar-refractivity contribution in [3.63, 3.8) is 0 Å². The zero-order valence-electron chi connectivity index (χ0n) is 12.5. The van der Waals surface area contributed by atoms with Gasteiger partial charge in [0.1, 0.15) is 0 Å². The van der Waals surface area contributed by atoms with Gasteiger partial charge in [0.15, 0.2) is 0 Å². The fraction of sp³-hybridized carbons (Fsp3) is 0.462. The summed E-state index contributed by atoms with van der Waals surface area (Å²) in [7, 11) is -4.72. The van der Waals surface area contributed by atoms with E-state index < -0.39 is 32.7 Å². The maximum Gasteiger partial charge on any atom is 0.302 e. The molecule has 1 unspecified atom stereocenters. The van der Waals surface area contributed by atoms with E-state index >= 15 is 0 Å². The number of amides is 1. The highest BCUT2D eigenvalue weighted by Crippen LogP contribution is 2.35. The molecule has 1 aliphatic rings. The second kappa shape index (κ2) is 7.09. The van der Waals surface area contributed by atoms with Crippen molar-refractivity contribution in [1.82, 2.24) is 0 Å². The van der Waals surface area contributed by atoms with Gasteiger partial charge in [0.05, 0.1) is 28.7 Å². The van der Waals surface area contributed by atoms with Crippen LogP contribution in [-0.2, 0) is 15.0 Å². The van der Waals surface area contributed by atoms with Gasteiger partial charge in [-0.2, -0.15) is 8.42 Å². The van der Waals surface area contributed by atoms with Crippen LogP contribution in [-0.4, -0.2) is 49.8 Å². The van der Waals surface area contributed by atoms with Crippen LogP contribution >= 0.6 is 0 Å². The van der Waals surface area contributed by atoms with Crippen molar-refractivity contribution in [3.8, 4) is 0 Å². The van der Waals surface area contributed by atoms with E-state index in [1.165, 1.54) is 23.1 Å². The summed E-state index contributed by atoms with van der Waals surface area (Å²) >= 11 is 0. The molecule has 1 aromatic rings. The molecule has 0 radical (unpaired) electrons. The molecule has 1 fully saturated rings. The highest BCUT2D eigenvalue weighted by Gasteiger charge is 2.35. The molecule has 1 saturated heterocycles. The van der Waals surface area contributed by atoms with Crippen molar-refractivity contribution in [2.75, 3.05) is 35.7 Å². The zero-order valence-corrected chi connectivity index (χ0v) is 13.3. The average molecular weight is 361 g/mol. The van der Waals surface area contributed by atoms with Crippen molar-refractivity contribution in [3.05, 3.63) is 28.3 Å². The second-order valence-corrected chi connectivity index (χ2v) is 6.80. The summed E-state index contributed by atoms with van der Waals surface area (Å²) < 4.78 is 34.4. The molecule has 1 heterocycles. The van der Waals surface area contributed by atoms with Crippen LogP contribution < -0.4 is 10.2 Å². The summed E-state index contributed by atoms with van der Waals surface area (Å²) in [6.45, 7) is -0.0841. The van der Waals surface area contributed by atoms with Crippen LogP contribution in [0, 0.1) is 16.0 Å². The number of halogens is 1. The van der Waals surface area contributed by atoms with E-state index in [0.29, 0.717) is 5.69 Å². The minimum atomic E-state index is -4.72. The number of hydrogen-bond donors (Lipinski definition) is 2. The number of nitrogens with one attached hydrogen (secondary N) is 1. The summed E-state index contributed by atoms with van der Waals surface area (Å²) in [5.41, 5.74) is 0.335. The predicted octanol–water partition coefficient (Wildman–Crippen LogP) is 0.651. The molecule has 1 atom stereocenters. The zero-order chi connectivity index (χ0) is 17.9. The highest BCUT2D eigenvalue weighted by atomic mass is 32.3. The smallest absolute Gasteiger partial charge is 0.302 e. The first-order chi connectivity index (χ1) is 11.2. The van der Waals surface area contributed by atoms with Crippen molar-refractivity contribution in [2.24, 2.45) is 5.92 Å².